The van der Waals surface area contributed by atoms with Gasteiger partial charge in [-0.25, -0.2) is 0 Å². The van der Waals surface area contributed by atoms with E-state index in [0.717, 1.165) is 59.2 Å². The lowest BCUT2D eigenvalue weighted by Gasteiger charge is -2.22. The number of unbranched alkanes of at least 4 members (excludes halogenated alkanes) is 3. The standard InChI is InChI=1S/C7H14.2C6H12.C6H14.2C5H10.4C5H12.C4H8.2C4H10.C3H8.2C2H6/c1-6-4-3-5-7(6)2;1-6-4-2-3-5-6;1-2-6-4-3-5-6;1-5-6(2,3)4;1-5-3-2-4-5;1-2-5-3-4-5;1-5(2,3)4;2*1-4-5(2)3;1-3-5-4-2;1-4-2-3-4;1-4(2)3;1-3-4-2;1-3-2;2*1-2/h6-7H,3-5H2,1-2H3;2*6H,2-5H2,1H3;5H2,1-4H3;2*5H,2-4H2,1H3;1-4H3;2*5H,4H2,1-3H3;3-5H2,1-2H3;4H,2-3H2,1H3;4H,1-3H3;3-4H2,1-2H3;3H2,1-2H3;2*1-2H3/t6-,7?;;;;;;;;;;;;;;;/m1.............../s1. The molecule has 0 aromatic heterocycles. The van der Waals surface area contributed by atoms with Crippen LogP contribution in [0.5, 0.6) is 0 Å². The van der Waals surface area contributed by atoms with Gasteiger partial charge in [-0.15, -0.1) is 0 Å². The molecule has 0 aliphatic heterocycles. The molecule has 0 nitrogen and oxygen atoms in total. The Morgan fingerprint density at radius 1 is 0.351 bits per heavy atom. The highest BCUT2D eigenvalue weighted by Gasteiger charge is 2.18. The van der Waals surface area contributed by atoms with Gasteiger partial charge in [0.1, 0.15) is 0 Å². The summed E-state index contributed by atoms with van der Waals surface area (Å²) < 4.78 is 0. The molecule has 0 amide bonds. The fraction of sp³-hybridized carbons (Fsp3) is 1.00. The predicted octanol–water partition coefficient (Wildman–Crippen LogP) is 29.6. The largest absolute Gasteiger partial charge is 0.0683 e. The highest BCUT2D eigenvalue weighted by atomic mass is 14.2. The molecule has 6 aliphatic carbocycles. The summed E-state index contributed by atoms with van der Waals surface area (Å²) in [6.07, 6.45) is 40.0. The van der Waals surface area contributed by atoms with Crippen LogP contribution in [0.1, 0.15) is 415 Å². The van der Waals surface area contributed by atoms with E-state index in [4.69, 9.17) is 0 Å². The van der Waals surface area contributed by atoms with E-state index in [1.165, 1.54) is 180 Å². The Morgan fingerprint density at radius 2 is 0.568 bits per heavy atom. The molecule has 0 spiro atoms. The van der Waals surface area contributed by atoms with Crippen molar-refractivity contribution in [2.45, 2.75) is 415 Å². The first kappa shape index (κ1) is 96.3. The quantitative estimate of drug-likeness (QED) is 0.238. The third-order valence-electron chi connectivity index (χ3n) is 13.2. The highest BCUT2D eigenvalue weighted by molar-refractivity contribution is 4.70. The first-order valence-electron chi connectivity index (χ1n) is 34.4. The van der Waals surface area contributed by atoms with Gasteiger partial charge in [-0.05, 0) is 70.0 Å². The fourth-order valence-corrected chi connectivity index (χ4v) is 5.02. The van der Waals surface area contributed by atoms with Crippen molar-refractivity contribution in [3.63, 3.8) is 0 Å². The maximum Gasteiger partial charge on any atom is -0.0385 e. The first-order valence-corrected chi connectivity index (χ1v) is 34.4. The molecule has 6 rings (SSSR count). The van der Waals surface area contributed by atoms with Crippen LogP contribution in [0.4, 0.5) is 0 Å². The smallest absolute Gasteiger partial charge is 0.0385 e. The Kier molecular flexibility index (Phi) is 100. The molecule has 0 radical (unpaired) electrons. The lowest BCUT2D eigenvalue weighted by Crippen LogP contribution is -2.08. The maximum absolute atomic E-state index is 2.36. The molecule has 1 unspecified atom stereocenters. The van der Waals surface area contributed by atoms with Crippen LogP contribution in [0.15, 0.2) is 0 Å². The van der Waals surface area contributed by atoms with Gasteiger partial charge >= 0.3 is 0 Å². The average Bonchev–Trinajstić information content (AvgIpc) is 4.24. The van der Waals surface area contributed by atoms with Gasteiger partial charge < -0.3 is 0 Å². The molecule has 0 heterocycles. The van der Waals surface area contributed by atoms with E-state index in [2.05, 4.69) is 208 Å². The summed E-state index contributed by atoms with van der Waals surface area (Å²) in [5.41, 5.74) is 1.04. The van der Waals surface area contributed by atoms with Crippen molar-refractivity contribution in [3.8, 4) is 0 Å². The van der Waals surface area contributed by atoms with Crippen molar-refractivity contribution >= 4 is 0 Å². The molecule has 0 aromatic rings. The Bertz CT molecular complexity index is 771. The lowest BCUT2D eigenvalue weighted by molar-refractivity contribution is 0.307. The van der Waals surface area contributed by atoms with E-state index in [1.807, 2.05) is 27.7 Å². The van der Waals surface area contributed by atoms with Crippen molar-refractivity contribution in [3.05, 3.63) is 0 Å². The molecule has 2 atom stereocenters. The molecular formula is C74H168. The monoisotopic (exact) mass is 1060 g/mol. The molecule has 6 fully saturated rings. The molecule has 6 saturated carbocycles. The summed E-state index contributed by atoms with van der Waals surface area (Å²) in [5.74, 6) is 10.1. The van der Waals surface area contributed by atoms with Crippen LogP contribution in [-0.2, 0) is 0 Å². The van der Waals surface area contributed by atoms with E-state index < -0.39 is 0 Å². The van der Waals surface area contributed by atoms with Crippen LogP contribution >= 0.6 is 0 Å². The van der Waals surface area contributed by atoms with Gasteiger partial charge in [0.05, 0.1) is 0 Å². The maximum atomic E-state index is 2.36. The minimum absolute atomic E-state index is 0.500. The minimum atomic E-state index is 0.500. The normalized spacial score (nSPS) is 17.6. The number of rotatable bonds is 7. The van der Waals surface area contributed by atoms with E-state index in [0.29, 0.717) is 10.8 Å². The van der Waals surface area contributed by atoms with E-state index in [-0.39, 0.29) is 0 Å². The van der Waals surface area contributed by atoms with E-state index in [1.54, 1.807) is 0 Å². The van der Waals surface area contributed by atoms with Crippen LogP contribution in [0.3, 0.4) is 0 Å². The van der Waals surface area contributed by atoms with Gasteiger partial charge in [0.25, 0.3) is 0 Å². The minimum Gasteiger partial charge on any atom is -0.0683 e. The molecule has 6 aliphatic rings. The Balaban J connectivity index is -0.0000000744. The summed E-state index contributed by atoms with van der Waals surface area (Å²) in [6, 6.07) is 0. The Hall–Kier alpha value is 0. The van der Waals surface area contributed by atoms with Gasteiger partial charge in [-0.1, -0.05) is 415 Å². The Morgan fingerprint density at radius 3 is 0.595 bits per heavy atom. The molecular weight excluding hydrogens is 889 g/mol. The molecule has 0 N–H and O–H groups in total. The summed E-state index contributed by atoms with van der Waals surface area (Å²) in [6.45, 7) is 74.7. The second-order valence-electron chi connectivity index (χ2n) is 27.4. The zero-order valence-electron chi connectivity index (χ0n) is 60.6. The van der Waals surface area contributed by atoms with Crippen molar-refractivity contribution < 1.29 is 0 Å². The third-order valence-corrected chi connectivity index (χ3v) is 13.2. The summed E-state index contributed by atoms with van der Waals surface area (Å²) in [7, 11) is 0. The zero-order valence-corrected chi connectivity index (χ0v) is 60.6. The van der Waals surface area contributed by atoms with Crippen molar-refractivity contribution in [2.75, 3.05) is 0 Å². The van der Waals surface area contributed by atoms with Gasteiger partial charge in [-0.2, -0.15) is 0 Å². The molecule has 74 heavy (non-hydrogen) atoms. The summed E-state index contributed by atoms with van der Waals surface area (Å²) in [5, 5.41) is 0. The van der Waals surface area contributed by atoms with Crippen molar-refractivity contribution in [1.29, 1.82) is 0 Å². The number of hydrogen-bond acceptors (Lipinski definition) is 0. The topological polar surface area (TPSA) is 0 Å². The highest BCUT2D eigenvalue weighted by Crippen LogP contribution is 2.32. The summed E-state index contributed by atoms with van der Waals surface area (Å²) in [4.78, 5) is 0. The first-order chi connectivity index (χ1) is 34.4. The van der Waals surface area contributed by atoms with Crippen molar-refractivity contribution in [2.24, 2.45) is 70.0 Å². The third kappa shape index (κ3) is 151. The average molecular weight is 1060 g/mol. The van der Waals surface area contributed by atoms with E-state index in [9.17, 15) is 0 Å². The molecule has 0 aromatic carbocycles. The lowest BCUT2D eigenvalue weighted by atomic mass is 9.84. The van der Waals surface area contributed by atoms with Gasteiger partial charge in [0.2, 0.25) is 0 Å². The Labute approximate surface area is 482 Å². The number of hydrogen-bond donors (Lipinski definition) is 0. The SMILES string of the molecule is CC.CC.CC(C)(C)C.CC(C)C.CC1CC1.CC1CCC1.CC1CCCC1.CC1CCC[C@H]1C.CCC.CCC(C)(C)C.CCC(C)C.CCC(C)C.CCC1CC1.CCC1CCC1.CCCC.CCCCC. The second-order valence-corrected chi connectivity index (χ2v) is 27.4. The van der Waals surface area contributed by atoms with Crippen molar-refractivity contribution in [1.82, 2.24) is 0 Å². The van der Waals surface area contributed by atoms with Crippen LogP contribution in [0.25, 0.3) is 0 Å². The van der Waals surface area contributed by atoms with Gasteiger partial charge in [0.15, 0.2) is 0 Å². The van der Waals surface area contributed by atoms with Gasteiger partial charge in [0, 0.05) is 0 Å². The molecule has 0 bridgehead atoms. The predicted molar refractivity (Wildman–Crippen MR) is 362 cm³/mol. The second kappa shape index (κ2) is 77.2. The van der Waals surface area contributed by atoms with Crippen LogP contribution in [0.2, 0.25) is 0 Å². The van der Waals surface area contributed by atoms with Crippen LogP contribution < -0.4 is 0 Å². The molecule has 0 saturated heterocycles. The van der Waals surface area contributed by atoms with E-state index >= 15 is 0 Å². The summed E-state index contributed by atoms with van der Waals surface area (Å²) >= 11 is 0. The fourth-order valence-electron chi connectivity index (χ4n) is 5.02. The molecule has 464 valence electrons. The van der Waals surface area contributed by atoms with Crippen LogP contribution in [0, 0.1) is 70.0 Å². The zero-order chi connectivity index (χ0) is 60.6. The van der Waals surface area contributed by atoms with Gasteiger partial charge in [-0.3, -0.25) is 0 Å². The van der Waals surface area contributed by atoms with Crippen LogP contribution in [-0.4, -0.2) is 0 Å². The molecule has 0 heteroatoms.